The minimum Gasteiger partial charge on any atom is -0.491 e. The summed E-state index contributed by atoms with van der Waals surface area (Å²) in [6, 6.07) is 14.1. The second kappa shape index (κ2) is 6.82. The van der Waals surface area contributed by atoms with E-state index >= 15 is 0 Å². The molecule has 3 nitrogen and oxygen atoms in total. The highest BCUT2D eigenvalue weighted by atomic mass is 19.1. The molecule has 23 heavy (non-hydrogen) atoms. The van der Waals surface area contributed by atoms with Crippen molar-refractivity contribution in [3.05, 3.63) is 59.9 Å². The van der Waals surface area contributed by atoms with Crippen LogP contribution in [0.2, 0.25) is 0 Å². The number of amides is 1. The molecule has 120 valence electrons. The highest BCUT2D eigenvalue weighted by Gasteiger charge is 2.45. The molecule has 0 aromatic heterocycles. The summed E-state index contributed by atoms with van der Waals surface area (Å²) in [5.74, 6) is 0.155. The van der Waals surface area contributed by atoms with Crippen molar-refractivity contribution >= 4 is 11.6 Å². The van der Waals surface area contributed by atoms with E-state index in [4.69, 9.17) is 4.74 Å². The highest BCUT2D eigenvalue weighted by molar-refractivity contribution is 5.96. The molecule has 1 N–H and O–H groups in total. The summed E-state index contributed by atoms with van der Waals surface area (Å²) >= 11 is 0. The molecule has 4 heteroatoms. The molecule has 0 bridgehead atoms. The van der Waals surface area contributed by atoms with Gasteiger partial charge in [-0.2, -0.15) is 0 Å². The van der Waals surface area contributed by atoms with Crippen LogP contribution in [-0.2, 0) is 4.79 Å². The van der Waals surface area contributed by atoms with Gasteiger partial charge in [0.05, 0.1) is 12.3 Å². The number of anilines is 1. The summed E-state index contributed by atoms with van der Waals surface area (Å²) in [6.07, 6.45) is 1.59. The Morgan fingerprint density at radius 3 is 2.74 bits per heavy atom. The molecule has 3 rings (SSSR count). The van der Waals surface area contributed by atoms with Gasteiger partial charge < -0.3 is 10.1 Å². The van der Waals surface area contributed by atoms with Crippen LogP contribution in [0.15, 0.2) is 48.5 Å². The van der Waals surface area contributed by atoms with Crippen LogP contribution in [0, 0.1) is 11.7 Å². The molecule has 0 radical (unpaired) electrons. The summed E-state index contributed by atoms with van der Waals surface area (Å²) in [6.45, 7) is 2.64. The van der Waals surface area contributed by atoms with E-state index in [1.54, 1.807) is 18.2 Å². The van der Waals surface area contributed by atoms with Crippen LogP contribution in [0.4, 0.5) is 10.1 Å². The number of rotatable bonds is 6. The maximum absolute atomic E-state index is 13.8. The average molecular weight is 313 g/mol. The minimum atomic E-state index is -0.237. The van der Waals surface area contributed by atoms with Crippen LogP contribution >= 0.6 is 0 Å². The van der Waals surface area contributed by atoms with Gasteiger partial charge in [0.2, 0.25) is 5.91 Å². The van der Waals surface area contributed by atoms with Gasteiger partial charge in [-0.3, -0.25) is 4.79 Å². The number of nitrogens with one attached hydrogen (secondary N) is 1. The zero-order valence-corrected chi connectivity index (χ0v) is 13.1. The van der Waals surface area contributed by atoms with Gasteiger partial charge in [0.15, 0.2) is 0 Å². The Labute approximate surface area is 135 Å². The van der Waals surface area contributed by atoms with Crippen molar-refractivity contribution in [2.45, 2.75) is 25.7 Å². The molecule has 0 aliphatic heterocycles. The van der Waals surface area contributed by atoms with E-state index in [1.165, 1.54) is 6.07 Å². The Kier molecular flexibility index (Phi) is 4.60. The van der Waals surface area contributed by atoms with E-state index in [2.05, 4.69) is 5.32 Å². The first-order valence-corrected chi connectivity index (χ1v) is 7.97. The first kappa shape index (κ1) is 15.5. The zero-order valence-electron chi connectivity index (χ0n) is 13.1. The standard InChI is InChI=1S/C19H20FNO2/c1-2-11-23-18-10-6-5-9-17(18)21-19(22)15-12-14(15)13-7-3-4-8-16(13)20/h3-10,14-15H,2,11-12H2,1H3,(H,21,22). The maximum Gasteiger partial charge on any atom is 0.228 e. The van der Waals surface area contributed by atoms with Crippen LogP contribution in [0.1, 0.15) is 31.2 Å². The molecular weight excluding hydrogens is 293 g/mol. The lowest BCUT2D eigenvalue weighted by Gasteiger charge is -2.12. The van der Waals surface area contributed by atoms with Crippen molar-refractivity contribution in [3.63, 3.8) is 0 Å². The van der Waals surface area contributed by atoms with Crippen molar-refractivity contribution < 1.29 is 13.9 Å². The molecule has 0 spiro atoms. The molecule has 2 unspecified atom stereocenters. The Balaban J connectivity index is 1.66. The lowest BCUT2D eigenvalue weighted by Crippen LogP contribution is -2.15. The SMILES string of the molecule is CCCOc1ccccc1NC(=O)C1CC1c1ccccc1F. The molecule has 1 aliphatic rings. The predicted molar refractivity (Wildman–Crippen MR) is 88.1 cm³/mol. The first-order valence-electron chi connectivity index (χ1n) is 7.97. The van der Waals surface area contributed by atoms with Gasteiger partial charge in [-0.05, 0) is 42.5 Å². The molecule has 0 heterocycles. The van der Waals surface area contributed by atoms with Crippen molar-refractivity contribution in [3.8, 4) is 5.75 Å². The van der Waals surface area contributed by atoms with Crippen molar-refractivity contribution in [2.75, 3.05) is 11.9 Å². The summed E-state index contributed by atoms with van der Waals surface area (Å²) in [4.78, 5) is 12.4. The van der Waals surface area contributed by atoms with E-state index in [0.29, 0.717) is 30.0 Å². The second-order valence-electron chi connectivity index (χ2n) is 5.80. The van der Waals surface area contributed by atoms with Crippen LogP contribution < -0.4 is 10.1 Å². The summed E-state index contributed by atoms with van der Waals surface area (Å²) in [7, 11) is 0. The Hall–Kier alpha value is -2.36. The number of halogens is 1. The summed E-state index contributed by atoms with van der Waals surface area (Å²) < 4.78 is 19.4. The average Bonchev–Trinajstić information content (AvgIpc) is 3.35. The quantitative estimate of drug-likeness (QED) is 0.860. The monoisotopic (exact) mass is 313 g/mol. The fraction of sp³-hybridized carbons (Fsp3) is 0.316. The molecular formula is C19H20FNO2. The zero-order chi connectivity index (χ0) is 16.2. The number of hydrogen-bond acceptors (Lipinski definition) is 2. The van der Waals surface area contributed by atoms with Crippen molar-refractivity contribution in [1.29, 1.82) is 0 Å². The molecule has 2 aromatic rings. The Bertz CT molecular complexity index is 701. The van der Waals surface area contributed by atoms with Gasteiger partial charge in [-0.15, -0.1) is 0 Å². The number of carbonyl (C=O) groups is 1. The molecule has 1 aliphatic carbocycles. The second-order valence-corrected chi connectivity index (χ2v) is 5.80. The highest BCUT2D eigenvalue weighted by Crippen LogP contribution is 2.48. The number of hydrogen-bond donors (Lipinski definition) is 1. The largest absolute Gasteiger partial charge is 0.491 e. The molecule has 2 aromatic carbocycles. The van der Waals surface area contributed by atoms with Crippen molar-refractivity contribution in [2.24, 2.45) is 5.92 Å². The predicted octanol–water partition coefficient (Wildman–Crippen LogP) is 4.36. The Morgan fingerprint density at radius 2 is 1.96 bits per heavy atom. The van der Waals surface area contributed by atoms with Crippen LogP contribution in [0.3, 0.4) is 0 Å². The lowest BCUT2D eigenvalue weighted by atomic mass is 10.1. The van der Waals surface area contributed by atoms with E-state index in [1.807, 2.05) is 31.2 Å². The fourth-order valence-electron chi connectivity index (χ4n) is 2.74. The van der Waals surface area contributed by atoms with Gasteiger partial charge in [0, 0.05) is 5.92 Å². The molecule has 1 saturated carbocycles. The Morgan fingerprint density at radius 1 is 1.22 bits per heavy atom. The first-order chi connectivity index (χ1) is 11.2. The number of para-hydroxylation sites is 2. The van der Waals surface area contributed by atoms with Crippen molar-refractivity contribution in [1.82, 2.24) is 0 Å². The van der Waals surface area contributed by atoms with Crippen LogP contribution in [0.25, 0.3) is 0 Å². The molecule has 1 fully saturated rings. The van der Waals surface area contributed by atoms with E-state index in [0.717, 1.165) is 6.42 Å². The van der Waals surface area contributed by atoms with Crippen LogP contribution in [-0.4, -0.2) is 12.5 Å². The van der Waals surface area contributed by atoms with Gasteiger partial charge in [0.25, 0.3) is 0 Å². The van der Waals surface area contributed by atoms with Gasteiger partial charge in [0.1, 0.15) is 11.6 Å². The third-order valence-electron chi connectivity index (χ3n) is 4.04. The number of ether oxygens (including phenoxy) is 1. The molecule has 0 saturated heterocycles. The summed E-state index contributed by atoms with van der Waals surface area (Å²) in [5, 5.41) is 2.91. The smallest absolute Gasteiger partial charge is 0.228 e. The fourth-order valence-corrected chi connectivity index (χ4v) is 2.74. The third kappa shape index (κ3) is 3.52. The van der Waals surface area contributed by atoms with Gasteiger partial charge >= 0.3 is 0 Å². The maximum atomic E-state index is 13.8. The topological polar surface area (TPSA) is 38.3 Å². The van der Waals surface area contributed by atoms with E-state index in [-0.39, 0.29) is 23.6 Å². The van der Waals surface area contributed by atoms with Gasteiger partial charge in [-0.1, -0.05) is 37.3 Å². The molecule has 1 amide bonds. The van der Waals surface area contributed by atoms with E-state index < -0.39 is 0 Å². The lowest BCUT2D eigenvalue weighted by molar-refractivity contribution is -0.117. The number of benzene rings is 2. The van der Waals surface area contributed by atoms with Gasteiger partial charge in [-0.25, -0.2) is 4.39 Å². The third-order valence-corrected chi connectivity index (χ3v) is 4.04. The summed E-state index contributed by atoms with van der Waals surface area (Å²) in [5.41, 5.74) is 1.30. The molecule has 2 atom stereocenters. The van der Waals surface area contributed by atoms with E-state index in [9.17, 15) is 9.18 Å². The minimum absolute atomic E-state index is 0.0278. The normalized spacial score (nSPS) is 19.2. The van der Waals surface area contributed by atoms with Crippen LogP contribution in [0.5, 0.6) is 5.75 Å². The number of carbonyl (C=O) groups excluding carboxylic acids is 1.